The molecule has 0 saturated carbocycles. The zero-order chi connectivity index (χ0) is 22.9. The molecule has 3 heterocycles. The van der Waals surface area contributed by atoms with Gasteiger partial charge in [0.1, 0.15) is 24.9 Å². The molecule has 1 aliphatic heterocycles. The Morgan fingerprint density at radius 2 is 1.94 bits per heavy atom. The van der Waals surface area contributed by atoms with Gasteiger partial charge in [0.15, 0.2) is 6.33 Å². The van der Waals surface area contributed by atoms with Crippen molar-refractivity contribution < 1.29 is 62.3 Å². The standard InChI is InChI=1S/C18H28N5O7P.Na/c1-6-22-8-23(15-12(22)16(24)21-18(19)20-15)17-14(29-10(4)5)13(28-9(2)3)11(30-17)7-27-31(25)26;/h8-11,13-14,17H,6-7H2,1-5H3,(H2-,19,20,21,24);/q;+1/p+1/t11-,13-,14-,17-;/m1./s1. The third kappa shape index (κ3) is 5.94. The first-order valence-electron chi connectivity index (χ1n) is 10.2. The molecular formula is C18H29N5NaO7P+2. The van der Waals surface area contributed by atoms with Gasteiger partial charge >= 0.3 is 43.5 Å². The van der Waals surface area contributed by atoms with E-state index in [1.807, 2.05) is 34.6 Å². The van der Waals surface area contributed by atoms with Crippen molar-refractivity contribution in [2.45, 2.75) is 77.9 Å². The van der Waals surface area contributed by atoms with E-state index in [9.17, 15) is 14.3 Å². The van der Waals surface area contributed by atoms with E-state index >= 15 is 0 Å². The van der Waals surface area contributed by atoms with Gasteiger partial charge in [0.05, 0.1) is 18.8 Å². The number of ether oxygens (including phenoxy) is 3. The fourth-order valence-corrected chi connectivity index (χ4v) is 4.01. The number of nitrogens with one attached hydrogen (secondary N) is 1. The second kappa shape index (κ2) is 11.5. The third-order valence-electron chi connectivity index (χ3n) is 4.79. The Bertz CT molecular complexity index is 998. The summed E-state index contributed by atoms with van der Waals surface area (Å²) >= 11 is 0. The van der Waals surface area contributed by atoms with Gasteiger partial charge in [-0.15, -0.1) is 4.52 Å². The summed E-state index contributed by atoms with van der Waals surface area (Å²) in [6.45, 7) is 9.66. The van der Waals surface area contributed by atoms with Crippen molar-refractivity contribution in [3.63, 3.8) is 0 Å². The van der Waals surface area contributed by atoms with Crippen molar-refractivity contribution in [3.8, 4) is 0 Å². The Labute approximate surface area is 208 Å². The largest absolute Gasteiger partial charge is 1.00 e. The van der Waals surface area contributed by atoms with Crippen LogP contribution in [0.3, 0.4) is 0 Å². The predicted molar refractivity (Wildman–Crippen MR) is 108 cm³/mol. The van der Waals surface area contributed by atoms with Crippen molar-refractivity contribution >= 4 is 25.4 Å². The summed E-state index contributed by atoms with van der Waals surface area (Å²) in [6, 6.07) is 0. The van der Waals surface area contributed by atoms with E-state index in [1.54, 1.807) is 15.5 Å². The molecule has 1 unspecified atom stereocenters. The van der Waals surface area contributed by atoms with E-state index in [0.717, 1.165) is 0 Å². The number of aromatic nitrogens is 4. The second-order valence-electron chi connectivity index (χ2n) is 7.82. The normalized spacial score (nSPS) is 23.8. The molecule has 1 aliphatic rings. The van der Waals surface area contributed by atoms with Crippen LogP contribution < -0.4 is 50.3 Å². The number of hydrogen-bond acceptors (Lipinski definition) is 9. The maximum atomic E-state index is 12.5. The number of H-pyrrole nitrogens is 1. The molecule has 0 spiro atoms. The van der Waals surface area contributed by atoms with Gasteiger partial charge in [-0.1, -0.05) is 4.98 Å². The van der Waals surface area contributed by atoms with E-state index in [2.05, 4.69) is 9.97 Å². The molecule has 172 valence electrons. The van der Waals surface area contributed by atoms with Gasteiger partial charge in [-0.2, -0.15) is 0 Å². The van der Waals surface area contributed by atoms with Crippen LogP contribution in [0.15, 0.2) is 11.1 Å². The first-order valence-corrected chi connectivity index (χ1v) is 11.2. The molecule has 12 nitrogen and oxygen atoms in total. The minimum Gasteiger partial charge on any atom is -0.566 e. The molecule has 0 aromatic carbocycles. The average Bonchev–Trinajstić information content (AvgIpc) is 3.18. The van der Waals surface area contributed by atoms with Gasteiger partial charge in [0, 0.05) is 0 Å². The van der Waals surface area contributed by atoms with Crippen LogP contribution in [-0.4, -0.2) is 51.7 Å². The van der Waals surface area contributed by atoms with E-state index in [1.165, 1.54) is 0 Å². The van der Waals surface area contributed by atoms with Crippen molar-refractivity contribution in [2.75, 3.05) is 12.3 Å². The number of rotatable bonds is 9. The van der Waals surface area contributed by atoms with Crippen LogP contribution in [0.25, 0.3) is 11.2 Å². The molecular weight excluding hydrogens is 452 g/mol. The number of hydrogen-bond donors (Lipinski definition) is 2. The van der Waals surface area contributed by atoms with Crippen molar-refractivity contribution in [2.24, 2.45) is 0 Å². The molecule has 0 aliphatic carbocycles. The minimum atomic E-state index is -3.05. The van der Waals surface area contributed by atoms with Crippen molar-refractivity contribution in [3.05, 3.63) is 16.7 Å². The number of fused-ring (bicyclic) bond motifs is 1. The number of nitrogen functional groups attached to an aromatic ring is 1. The van der Waals surface area contributed by atoms with Crippen LogP contribution in [0, 0.1) is 0 Å². The molecule has 1 fully saturated rings. The molecule has 14 heteroatoms. The molecule has 0 bridgehead atoms. The predicted octanol–water partition coefficient (Wildman–Crippen LogP) is -2.86. The first kappa shape index (κ1) is 27.3. The van der Waals surface area contributed by atoms with E-state index in [0.29, 0.717) is 17.7 Å². The zero-order valence-corrected chi connectivity index (χ0v) is 22.1. The Balaban J connectivity index is 0.00000363. The monoisotopic (exact) mass is 481 g/mol. The second-order valence-corrected chi connectivity index (χ2v) is 8.52. The number of aryl methyl sites for hydroxylation is 1. The zero-order valence-electron chi connectivity index (χ0n) is 19.2. The molecule has 5 atom stereocenters. The summed E-state index contributed by atoms with van der Waals surface area (Å²) in [4.78, 5) is 30.3. The molecule has 0 radical (unpaired) electrons. The smallest absolute Gasteiger partial charge is 0.566 e. The Morgan fingerprint density at radius 3 is 2.50 bits per heavy atom. The first-order chi connectivity index (χ1) is 14.6. The van der Waals surface area contributed by atoms with Crippen LogP contribution >= 0.6 is 8.25 Å². The number of imidazole rings is 1. The summed E-state index contributed by atoms with van der Waals surface area (Å²) in [7, 11) is -3.05. The molecule has 32 heavy (non-hydrogen) atoms. The van der Waals surface area contributed by atoms with Gasteiger partial charge in [-0.05, 0) is 39.2 Å². The van der Waals surface area contributed by atoms with Gasteiger partial charge < -0.3 is 24.8 Å². The average molecular weight is 481 g/mol. The fraction of sp³-hybridized carbons (Fsp3) is 0.722. The van der Waals surface area contributed by atoms with Crippen LogP contribution in [0.1, 0.15) is 40.8 Å². The molecule has 3 rings (SSSR count). The SMILES string of the molecule is CCn1c[n+]([C@@H]2O[C@H](CO[P+](=O)[O-])[C@@H](OC(C)C)[C@H]2OC(C)C)c2nc(N)[nH]c(=O)c21.[Na+]. The van der Waals surface area contributed by atoms with E-state index < -0.39 is 32.8 Å². The van der Waals surface area contributed by atoms with Crippen LogP contribution in [-0.2, 0) is 29.8 Å². The van der Waals surface area contributed by atoms with E-state index in [-0.39, 0.29) is 59.9 Å². The number of nitrogens with zero attached hydrogens (tertiary/aromatic N) is 3. The molecule has 2 aromatic heterocycles. The van der Waals surface area contributed by atoms with Crippen molar-refractivity contribution in [1.29, 1.82) is 0 Å². The Morgan fingerprint density at radius 1 is 1.31 bits per heavy atom. The minimum absolute atomic E-state index is 0. The number of nitrogens with two attached hydrogens (primary N) is 1. The quantitative estimate of drug-likeness (QED) is 0.218. The number of aromatic amines is 1. The van der Waals surface area contributed by atoms with Gasteiger partial charge in [0.25, 0.3) is 11.5 Å². The van der Waals surface area contributed by atoms with Crippen LogP contribution in [0.4, 0.5) is 5.95 Å². The third-order valence-corrected chi connectivity index (χ3v) is 5.15. The summed E-state index contributed by atoms with van der Waals surface area (Å²) in [5.41, 5.74) is 6.08. The summed E-state index contributed by atoms with van der Waals surface area (Å²) in [6.07, 6.45) is -1.36. The fourth-order valence-electron chi connectivity index (χ4n) is 3.74. The molecule has 2 aromatic rings. The summed E-state index contributed by atoms with van der Waals surface area (Å²) < 4.78 is 37.6. The maximum Gasteiger partial charge on any atom is 1.00 e. The van der Waals surface area contributed by atoms with Crippen LogP contribution in [0.5, 0.6) is 0 Å². The number of anilines is 1. The molecule has 1 saturated heterocycles. The maximum absolute atomic E-state index is 12.5. The van der Waals surface area contributed by atoms with Gasteiger partial charge in [-0.3, -0.25) is 14.3 Å². The summed E-state index contributed by atoms with van der Waals surface area (Å²) in [5.74, 6) is -0.0300. The van der Waals surface area contributed by atoms with E-state index in [4.69, 9.17) is 24.5 Å². The van der Waals surface area contributed by atoms with Gasteiger partial charge in [-0.25, -0.2) is 4.57 Å². The molecule has 0 amide bonds. The molecule has 3 N–H and O–H groups in total. The van der Waals surface area contributed by atoms with Crippen molar-refractivity contribution in [1.82, 2.24) is 14.5 Å². The topological polar surface area (TPSA) is 158 Å². The summed E-state index contributed by atoms with van der Waals surface area (Å²) in [5, 5.41) is 0. The van der Waals surface area contributed by atoms with Crippen LogP contribution in [0.2, 0.25) is 0 Å². The van der Waals surface area contributed by atoms with Gasteiger partial charge in [0.2, 0.25) is 11.7 Å². The Hall–Kier alpha value is -0.950. The Kier molecular flexibility index (Phi) is 9.77.